The van der Waals surface area contributed by atoms with Crippen LogP contribution in [-0.2, 0) is 19.0 Å². The summed E-state index contributed by atoms with van der Waals surface area (Å²) in [5.41, 5.74) is 1.35. The second-order valence-electron chi connectivity index (χ2n) is 11.2. The normalized spacial score (nSPS) is 31.5. The summed E-state index contributed by atoms with van der Waals surface area (Å²) in [5, 5.41) is 55.8. The molecule has 2 aromatic carbocycles. The number of fused-ring (bicyclic) bond motifs is 1. The van der Waals surface area contributed by atoms with Crippen molar-refractivity contribution in [3.8, 4) is 17.2 Å². The first-order valence-electron chi connectivity index (χ1n) is 14.4. The first kappa shape index (κ1) is 34.7. The second kappa shape index (κ2) is 14.7. The first-order chi connectivity index (χ1) is 21.8. The van der Waals surface area contributed by atoms with Gasteiger partial charge in [0.05, 0.1) is 22.2 Å². The predicted octanol–water partition coefficient (Wildman–Crippen LogP) is 2.96. The van der Waals surface area contributed by atoms with Crippen LogP contribution in [0, 0.1) is 0 Å². The van der Waals surface area contributed by atoms with E-state index in [2.05, 4.69) is 5.32 Å². The lowest BCUT2D eigenvalue weighted by atomic mass is 9.83. The van der Waals surface area contributed by atoms with E-state index in [0.29, 0.717) is 21.9 Å². The molecule has 250 valence electrons. The van der Waals surface area contributed by atoms with E-state index in [-0.39, 0.29) is 46.9 Å². The first-order valence-corrected chi connectivity index (χ1v) is 15.5. The van der Waals surface area contributed by atoms with Gasteiger partial charge in [0, 0.05) is 12.0 Å². The lowest BCUT2D eigenvalue weighted by Crippen LogP contribution is -2.67. The van der Waals surface area contributed by atoms with E-state index in [9.17, 15) is 30.3 Å². The van der Waals surface area contributed by atoms with E-state index in [4.69, 9.17) is 58.5 Å². The highest BCUT2D eigenvalue weighted by Crippen LogP contribution is 2.38. The summed E-state index contributed by atoms with van der Waals surface area (Å²) in [4.78, 5) is 12.9. The van der Waals surface area contributed by atoms with Gasteiger partial charge in [-0.25, -0.2) is 0 Å². The Bertz CT molecular complexity index is 1500. The minimum atomic E-state index is -1.48. The van der Waals surface area contributed by atoms with Crippen LogP contribution in [0.15, 0.2) is 47.6 Å². The smallest absolute Gasteiger partial charge is 0.247 e. The number of aliphatic hydroxyl groups is 4. The molecule has 0 radical (unpaired) electrons. The van der Waals surface area contributed by atoms with Crippen LogP contribution in [0.25, 0.3) is 6.08 Å². The number of hydrogen-bond acceptors (Lipinski definition) is 11. The third kappa shape index (κ3) is 7.42. The molecule has 0 bridgehead atoms. The summed E-state index contributed by atoms with van der Waals surface area (Å²) in [6.45, 7) is 3.28. The lowest BCUT2D eigenvalue weighted by Gasteiger charge is -2.41. The number of carbonyl (C=O) groups is 1. The van der Waals surface area contributed by atoms with Gasteiger partial charge < -0.3 is 54.5 Å². The molecule has 2 saturated heterocycles. The molecular formula is C31H34Cl3NO11. The summed E-state index contributed by atoms with van der Waals surface area (Å²) in [6.07, 6.45) is -4.98. The Morgan fingerprint density at radius 2 is 1.67 bits per heavy atom. The number of benzene rings is 2. The standard InChI is InChI=1S/C31H34Cl3NO11/c1-13(7-8-42-20-6-4-16(32)22(33)23(20)34)28-18(37)11-21(46-28)45-19-5-3-15(10-17(19)36)9-14(2)31(41)35-24-25(38)27(40)30-29(26(24)39)43-12-44-30/h3-7,9-10,18,21,24-30,36-40H,8,11-12H2,1-2H3,(H,35,41)/b13-7+,14-9+/t18-,21+,24+,25-,26+,27+,28+,29-,30+/m0/s1. The highest BCUT2D eigenvalue weighted by molar-refractivity contribution is 6.48. The fraction of sp³-hybridized carbons (Fsp3) is 0.452. The maximum Gasteiger partial charge on any atom is 0.247 e. The van der Waals surface area contributed by atoms with Gasteiger partial charge in [0.15, 0.2) is 11.5 Å². The van der Waals surface area contributed by atoms with Gasteiger partial charge in [-0.2, -0.15) is 0 Å². The summed E-state index contributed by atoms with van der Waals surface area (Å²) < 4.78 is 27.9. The molecule has 0 unspecified atom stereocenters. The van der Waals surface area contributed by atoms with Crippen molar-refractivity contribution in [1.29, 1.82) is 0 Å². The molecule has 12 nitrogen and oxygen atoms in total. The maximum absolute atomic E-state index is 12.9. The Labute approximate surface area is 279 Å². The number of phenols is 1. The molecule has 5 rings (SSSR count). The van der Waals surface area contributed by atoms with E-state index >= 15 is 0 Å². The van der Waals surface area contributed by atoms with Crippen molar-refractivity contribution >= 4 is 46.8 Å². The summed E-state index contributed by atoms with van der Waals surface area (Å²) in [5.74, 6) is -0.380. The largest absolute Gasteiger partial charge is 0.504 e. The van der Waals surface area contributed by atoms with Crippen LogP contribution < -0.4 is 14.8 Å². The molecule has 9 atom stereocenters. The number of nitrogens with one attached hydrogen (secondary N) is 1. The van der Waals surface area contributed by atoms with Crippen molar-refractivity contribution in [3.05, 3.63) is 68.2 Å². The van der Waals surface area contributed by atoms with Crippen LogP contribution >= 0.6 is 34.8 Å². The number of phenolic OH excluding ortho intramolecular Hbond substituents is 1. The lowest BCUT2D eigenvalue weighted by molar-refractivity contribution is -0.155. The molecule has 0 spiro atoms. The van der Waals surface area contributed by atoms with Crippen molar-refractivity contribution in [3.63, 3.8) is 0 Å². The Morgan fingerprint density at radius 1 is 0.978 bits per heavy atom. The van der Waals surface area contributed by atoms with E-state index in [1.807, 2.05) is 0 Å². The number of carbonyl (C=O) groups excluding carboxylic acids is 1. The SMILES string of the molecule is C/C(=C\c1ccc(O[C@H]2C[C@H](O)[C@@H](/C(C)=C/COc3ccc(Cl)c(Cl)c3Cl)O2)c(O)c1)C(=O)N[C@@H]1[C@H](O)[C@@H](O)[C@H]2OCO[C@H]2[C@@H]1O. The molecule has 6 N–H and O–H groups in total. The zero-order valence-corrected chi connectivity index (χ0v) is 26.9. The minimum absolute atomic E-state index is 0.104. The fourth-order valence-electron chi connectivity index (χ4n) is 5.52. The Kier molecular flexibility index (Phi) is 11.1. The third-order valence-electron chi connectivity index (χ3n) is 8.06. The van der Waals surface area contributed by atoms with Gasteiger partial charge in [-0.15, -0.1) is 0 Å². The van der Waals surface area contributed by atoms with Crippen LogP contribution in [-0.4, -0.2) is 99.9 Å². The van der Waals surface area contributed by atoms with Gasteiger partial charge in [0.25, 0.3) is 0 Å². The number of aromatic hydroxyl groups is 1. The second-order valence-corrected chi connectivity index (χ2v) is 12.4. The molecule has 3 aliphatic rings. The van der Waals surface area contributed by atoms with Crippen LogP contribution in [0.4, 0.5) is 0 Å². The summed E-state index contributed by atoms with van der Waals surface area (Å²) >= 11 is 18.2. The fourth-order valence-corrected chi connectivity index (χ4v) is 6.10. The number of amides is 1. The van der Waals surface area contributed by atoms with E-state index in [0.717, 1.165) is 0 Å². The van der Waals surface area contributed by atoms with Crippen molar-refractivity contribution < 1.29 is 54.0 Å². The monoisotopic (exact) mass is 701 g/mol. The number of hydrogen-bond donors (Lipinski definition) is 6. The zero-order chi connectivity index (χ0) is 33.3. The van der Waals surface area contributed by atoms with Crippen LogP contribution in [0.5, 0.6) is 17.2 Å². The molecule has 3 fully saturated rings. The number of ether oxygens (including phenoxy) is 5. The average molecular weight is 703 g/mol. The zero-order valence-electron chi connectivity index (χ0n) is 24.7. The number of halogens is 3. The molecular weight excluding hydrogens is 669 g/mol. The van der Waals surface area contributed by atoms with E-state index in [1.54, 1.807) is 31.2 Å². The molecule has 2 heterocycles. The van der Waals surface area contributed by atoms with E-state index in [1.165, 1.54) is 25.1 Å². The van der Waals surface area contributed by atoms with Crippen LogP contribution in [0.1, 0.15) is 25.8 Å². The van der Waals surface area contributed by atoms with Gasteiger partial charge in [-0.1, -0.05) is 40.9 Å². The average Bonchev–Trinajstić information content (AvgIpc) is 3.66. The Hall–Kier alpha value is -2.62. The quantitative estimate of drug-likeness (QED) is 0.129. The number of aliphatic hydroxyl groups excluding tert-OH is 4. The minimum Gasteiger partial charge on any atom is -0.504 e. The van der Waals surface area contributed by atoms with Crippen molar-refractivity contribution in [2.45, 2.75) is 75.3 Å². The Balaban J connectivity index is 1.16. The van der Waals surface area contributed by atoms with Crippen LogP contribution in [0.3, 0.4) is 0 Å². The molecule has 1 amide bonds. The molecule has 0 aromatic heterocycles. The summed E-state index contributed by atoms with van der Waals surface area (Å²) in [7, 11) is 0. The van der Waals surface area contributed by atoms with E-state index < -0.39 is 61.0 Å². The predicted molar refractivity (Wildman–Crippen MR) is 167 cm³/mol. The van der Waals surface area contributed by atoms with Crippen molar-refractivity contribution in [2.24, 2.45) is 0 Å². The summed E-state index contributed by atoms with van der Waals surface area (Å²) in [6, 6.07) is 6.46. The Morgan fingerprint density at radius 3 is 2.39 bits per heavy atom. The van der Waals surface area contributed by atoms with Crippen molar-refractivity contribution in [2.75, 3.05) is 13.4 Å². The van der Waals surface area contributed by atoms with Gasteiger partial charge in [0.2, 0.25) is 12.2 Å². The maximum atomic E-state index is 12.9. The molecule has 2 aliphatic heterocycles. The highest BCUT2D eigenvalue weighted by atomic mass is 35.5. The van der Waals surface area contributed by atoms with Gasteiger partial charge in [-0.3, -0.25) is 4.79 Å². The van der Waals surface area contributed by atoms with Crippen molar-refractivity contribution in [1.82, 2.24) is 5.32 Å². The van der Waals surface area contributed by atoms with Crippen LogP contribution in [0.2, 0.25) is 15.1 Å². The number of rotatable bonds is 9. The topological polar surface area (TPSA) is 176 Å². The van der Waals surface area contributed by atoms with Gasteiger partial charge in [-0.05, 0) is 61.4 Å². The molecule has 2 aromatic rings. The third-order valence-corrected chi connectivity index (χ3v) is 9.34. The molecule has 15 heteroatoms. The highest BCUT2D eigenvalue weighted by Gasteiger charge is 2.53. The molecule has 1 aliphatic carbocycles. The molecule has 1 saturated carbocycles. The molecule has 46 heavy (non-hydrogen) atoms. The van der Waals surface area contributed by atoms with Gasteiger partial charge in [0.1, 0.15) is 60.8 Å². The van der Waals surface area contributed by atoms with Gasteiger partial charge >= 0.3 is 0 Å².